The van der Waals surface area contributed by atoms with E-state index in [-0.39, 0.29) is 30.2 Å². The molecule has 2 bridgehead atoms. The molecule has 3 aliphatic rings. The van der Waals surface area contributed by atoms with Crippen molar-refractivity contribution in [3.05, 3.63) is 95.1 Å². The summed E-state index contributed by atoms with van der Waals surface area (Å²) < 4.78 is 5.22. The fourth-order valence-electron chi connectivity index (χ4n) is 7.57. The van der Waals surface area contributed by atoms with Crippen LogP contribution in [0.1, 0.15) is 97.9 Å². The molecular formula is C38H46N4O5. The first-order valence-electron chi connectivity index (χ1n) is 17.0. The van der Waals surface area contributed by atoms with Crippen LogP contribution in [0.2, 0.25) is 0 Å². The number of nitrogens with zero attached hydrogens (tertiary/aromatic N) is 1. The van der Waals surface area contributed by atoms with Gasteiger partial charge >= 0.3 is 12.0 Å². The molecule has 3 aromatic carbocycles. The third kappa shape index (κ3) is 7.96. The molecule has 9 heteroatoms. The third-order valence-corrected chi connectivity index (χ3v) is 9.94. The minimum Gasteiger partial charge on any atom is -0.508 e. The minimum atomic E-state index is -0.815. The Kier molecular flexibility index (Phi) is 10.1. The van der Waals surface area contributed by atoms with Gasteiger partial charge in [-0.25, -0.2) is 9.59 Å². The van der Waals surface area contributed by atoms with Crippen molar-refractivity contribution >= 4 is 23.6 Å². The van der Waals surface area contributed by atoms with Gasteiger partial charge in [-0.3, -0.25) is 9.69 Å². The van der Waals surface area contributed by atoms with Crippen molar-refractivity contribution < 1.29 is 24.2 Å². The number of esters is 1. The molecule has 3 amide bonds. The van der Waals surface area contributed by atoms with Crippen LogP contribution in [0.15, 0.2) is 72.8 Å². The first-order chi connectivity index (χ1) is 22.7. The first-order valence-corrected chi connectivity index (χ1v) is 17.0. The second-order valence-electron chi connectivity index (χ2n) is 13.5. The van der Waals surface area contributed by atoms with E-state index in [4.69, 9.17) is 4.74 Å². The molecule has 1 saturated heterocycles. The number of fused-ring (bicyclic) bond motifs is 5. The maximum Gasteiger partial charge on any atom is 0.338 e. The molecule has 1 saturated carbocycles. The number of anilines is 1. The predicted molar refractivity (Wildman–Crippen MR) is 181 cm³/mol. The summed E-state index contributed by atoms with van der Waals surface area (Å²) in [5.41, 5.74) is 4.74. The second-order valence-corrected chi connectivity index (χ2v) is 13.5. The fourth-order valence-corrected chi connectivity index (χ4v) is 7.57. The summed E-state index contributed by atoms with van der Waals surface area (Å²) in [6, 6.07) is 21.9. The Balaban J connectivity index is 1.01. The molecule has 2 aliphatic heterocycles. The Morgan fingerprint density at radius 1 is 0.851 bits per heavy atom. The number of hydrogen-bond donors (Lipinski definition) is 4. The Morgan fingerprint density at radius 2 is 1.49 bits per heavy atom. The molecule has 2 unspecified atom stereocenters. The van der Waals surface area contributed by atoms with Gasteiger partial charge in [-0.1, -0.05) is 36.4 Å². The summed E-state index contributed by atoms with van der Waals surface area (Å²) in [6.07, 6.45) is 7.77. The number of carbonyl (C=O) groups is 3. The minimum absolute atomic E-state index is 0.0660. The largest absolute Gasteiger partial charge is 0.508 e. The van der Waals surface area contributed by atoms with E-state index < -0.39 is 18.0 Å². The average molecular weight is 639 g/mol. The summed E-state index contributed by atoms with van der Waals surface area (Å²) >= 11 is 0. The first kappa shape index (κ1) is 32.6. The van der Waals surface area contributed by atoms with Crippen LogP contribution in [0, 0.1) is 5.92 Å². The summed E-state index contributed by atoms with van der Waals surface area (Å²) in [5.74, 6) is 0.136. The molecule has 0 aromatic heterocycles. The zero-order valence-electron chi connectivity index (χ0n) is 27.3. The molecule has 3 atom stereocenters. The van der Waals surface area contributed by atoms with Crippen LogP contribution >= 0.6 is 0 Å². The number of phenolic OH excluding ortho intramolecular Hbond substituents is 1. The Labute approximate surface area is 277 Å². The number of carbonyl (C=O) groups excluding carboxylic acids is 3. The van der Waals surface area contributed by atoms with Gasteiger partial charge in [0, 0.05) is 30.2 Å². The quantitative estimate of drug-likeness (QED) is 0.175. The number of urea groups is 1. The average Bonchev–Trinajstić information content (AvgIpc) is 3.61. The highest BCUT2D eigenvalue weighted by atomic mass is 16.5. The third-order valence-electron chi connectivity index (χ3n) is 9.94. The van der Waals surface area contributed by atoms with Crippen molar-refractivity contribution in [2.24, 2.45) is 5.92 Å². The van der Waals surface area contributed by atoms with Crippen LogP contribution in [0.4, 0.5) is 10.5 Å². The van der Waals surface area contributed by atoms with Crippen LogP contribution in [-0.2, 0) is 16.0 Å². The number of amides is 3. The standard InChI is InChI=1S/C38H46N4O5/c1-24(2)47-37(45)27-11-15-29(16-12-27)40-38(46)41-33(23-26-9-17-30(43)18-10-26)36(44)39-28-13-7-25(8-14-28)21-22-42-34-19-20-35(42)32-6-4-3-5-31(32)34/h3-6,9-12,15-18,24-25,28,33-35,43H,7-8,13-14,19-23H2,1-2H3,(H,39,44)(H2,40,41,46)/t25?,28?,33-,34?,35?/m0/s1. The van der Waals surface area contributed by atoms with Crippen LogP contribution in [0.5, 0.6) is 5.75 Å². The highest BCUT2D eigenvalue weighted by molar-refractivity contribution is 5.95. The lowest BCUT2D eigenvalue weighted by Gasteiger charge is -2.32. The van der Waals surface area contributed by atoms with Crippen molar-refractivity contribution in [3.63, 3.8) is 0 Å². The number of phenols is 1. The number of aromatic hydroxyl groups is 1. The number of hydrogen-bond acceptors (Lipinski definition) is 6. The summed E-state index contributed by atoms with van der Waals surface area (Å²) in [7, 11) is 0. The van der Waals surface area contributed by atoms with E-state index in [1.807, 2.05) is 0 Å². The van der Waals surface area contributed by atoms with Crippen LogP contribution in [0.25, 0.3) is 0 Å². The molecule has 1 aliphatic carbocycles. The van der Waals surface area contributed by atoms with E-state index in [1.54, 1.807) is 62.4 Å². The molecule has 248 valence electrons. The van der Waals surface area contributed by atoms with Crippen molar-refractivity contribution in [1.29, 1.82) is 0 Å². The number of nitrogens with one attached hydrogen (secondary N) is 3. The Morgan fingerprint density at radius 3 is 2.11 bits per heavy atom. The summed E-state index contributed by atoms with van der Waals surface area (Å²) in [6.45, 7) is 4.70. The monoisotopic (exact) mass is 638 g/mol. The van der Waals surface area contributed by atoms with E-state index >= 15 is 0 Å². The van der Waals surface area contributed by atoms with Crippen molar-refractivity contribution in [2.75, 3.05) is 11.9 Å². The van der Waals surface area contributed by atoms with Crippen LogP contribution in [0.3, 0.4) is 0 Å². The molecule has 4 N–H and O–H groups in total. The van der Waals surface area contributed by atoms with E-state index in [2.05, 4.69) is 45.1 Å². The lowest BCUT2D eigenvalue weighted by molar-refractivity contribution is -0.123. The van der Waals surface area contributed by atoms with Gasteiger partial charge in [0.2, 0.25) is 5.91 Å². The SMILES string of the molecule is CC(C)OC(=O)c1ccc(NC(=O)N[C@@H](Cc2ccc(O)cc2)C(=O)NC2CCC(CCN3C4CCC3c3ccccc34)CC2)cc1. The Bertz CT molecular complexity index is 1520. The zero-order valence-corrected chi connectivity index (χ0v) is 27.3. The topological polar surface area (TPSA) is 120 Å². The van der Waals surface area contributed by atoms with Gasteiger partial charge in [0.05, 0.1) is 11.7 Å². The van der Waals surface area contributed by atoms with Gasteiger partial charge in [0.1, 0.15) is 11.8 Å². The Hall–Kier alpha value is -4.37. The van der Waals surface area contributed by atoms with Crippen LogP contribution in [-0.4, -0.2) is 52.6 Å². The van der Waals surface area contributed by atoms with Gasteiger partial charge < -0.3 is 25.8 Å². The maximum absolute atomic E-state index is 13.6. The molecule has 9 nitrogen and oxygen atoms in total. The van der Waals surface area contributed by atoms with E-state index in [9.17, 15) is 19.5 Å². The molecule has 2 heterocycles. The lowest BCUT2D eigenvalue weighted by atomic mass is 9.84. The van der Waals surface area contributed by atoms with Gasteiger partial charge in [-0.05, 0) is 124 Å². The molecule has 0 spiro atoms. The summed E-state index contributed by atoms with van der Waals surface area (Å²) in [5, 5.41) is 18.5. The maximum atomic E-state index is 13.6. The van der Waals surface area contributed by atoms with Crippen molar-refractivity contribution in [2.45, 2.75) is 95.5 Å². The normalized spacial score (nSPS) is 22.4. The lowest BCUT2D eigenvalue weighted by Crippen LogP contribution is -2.52. The highest BCUT2D eigenvalue weighted by Crippen LogP contribution is 2.53. The van der Waals surface area contributed by atoms with Gasteiger partial charge in [0.15, 0.2) is 0 Å². The van der Waals surface area contributed by atoms with Gasteiger partial charge in [-0.15, -0.1) is 0 Å². The van der Waals surface area contributed by atoms with Gasteiger partial charge in [0.25, 0.3) is 0 Å². The molecule has 47 heavy (non-hydrogen) atoms. The fraction of sp³-hybridized carbons (Fsp3) is 0.447. The highest BCUT2D eigenvalue weighted by Gasteiger charge is 2.43. The second kappa shape index (κ2) is 14.6. The molecular weight excluding hydrogens is 592 g/mol. The smallest absolute Gasteiger partial charge is 0.338 e. The summed E-state index contributed by atoms with van der Waals surface area (Å²) in [4.78, 5) is 41.5. The number of rotatable bonds is 11. The van der Waals surface area contributed by atoms with Gasteiger partial charge in [-0.2, -0.15) is 0 Å². The van der Waals surface area contributed by atoms with E-state index in [0.29, 0.717) is 29.3 Å². The molecule has 2 fully saturated rings. The van der Waals surface area contributed by atoms with Crippen molar-refractivity contribution in [3.8, 4) is 5.75 Å². The van der Waals surface area contributed by atoms with Crippen molar-refractivity contribution in [1.82, 2.24) is 15.5 Å². The van der Waals surface area contributed by atoms with Crippen LogP contribution < -0.4 is 16.0 Å². The molecule has 3 aromatic rings. The zero-order chi connectivity index (χ0) is 32.9. The van der Waals surface area contributed by atoms with E-state index in [1.165, 1.54) is 30.4 Å². The van der Waals surface area contributed by atoms with E-state index in [0.717, 1.165) is 37.8 Å². The molecule has 6 rings (SSSR count). The molecule has 0 radical (unpaired) electrons. The number of benzene rings is 3. The predicted octanol–water partition coefficient (Wildman–Crippen LogP) is 6.65. The number of ether oxygens (including phenoxy) is 1.